The highest BCUT2D eigenvalue weighted by molar-refractivity contribution is 7.50. The summed E-state index contributed by atoms with van der Waals surface area (Å²) in [5.74, 6) is -0.563. The number of H-pyrrole nitrogens is 1. The van der Waals surface area contributed by atoms with Crippen LogP contribution >= 0.6 is 7.75 Å². The number of hydrogen-bond donors (Lipinski definition) is 4. The molecular weight excluding hydrogens is 483 g/mol. The van der Waals surface area contributed by atoms with Gasteiger partial charge >= 0.3 is 19.4 Å². The summed E-state index contributed by atoms with van der Waals surface area (Å²) < 4.78 is 29.1. The van der Waals surface area contributed by atoms with Crippen molar-refractivity contribution in [3.8, 4) is 6.07 Å². The lowest BCUT2D eigenvalue weighted by Gasteiger charge is -2.25. The van der Waals surface area contributed by atoms with Gasteiger partial charge in [0.1, 0.15) is 24.2 Å². The summed E-state index contributed by atoms with van der Waals surface area (Å²) in [5, 5.41) is 22.5. The first-order valence-electron chi connectivity index (χ1n) is 11.4. The van der Waals surface area contributed by atoms with E-state index in [0.29, 0.717) is 12.8 Å². The maximum atomic E-state index is 12.3. The van der Waals surface area contributed by atoms with E-state index in [-0.39, 0.29) is 25.0 Å². The number of nitrogens with zero attached hydrogens (tertiary/aromatic N) is 2. The maximum Gasteiger partial charge on any atom is 0.403 e. The van der Waals surface area contributed by atoms with Crippen LogP contribution in [0.2, 0.25) is 0 Å². The Morgan fingerprint density at radius 2 is 2.06 bits per heavy atom. The van der Waals surface area contributed by atoms with Gasteiger partial charge in [0.25, 0.3) is 5.56 Å². The third-order valence-corrected chi connectivity index (χ3v) is 6.93. The van der Waals surface area contributed by atoms with Crippen LogP contribution in [0.5, 0.6) is 0 Å². The molecule has 1 fully saturated rings. The van der Waals surface area contributed by atoms with Crippen LogP contribution in [-0.2, 0) is 23.4 Å². The highest BCUT2D eigenvalue weighted by Crippen LogP contribution is 2.46. The van der Waals surface area contributed by atoms with Gasteiger partial charge in [0.05, 0.1) is 18.6 Å². The molecule has 4 N–H and O–H groups in total. The van der Waals surface area contributed by atoms with Gasteiger partial charge in [0.15, 0.2) is 6.23 Å². The molecule has 2 rings (SSSR count). The minimum Gasteiger partial charge on any atom is -0.464 e. The van der Waals surface area contributed by atoms with E-state index in [9.17, 15) is 34.2 Å². The summed E-state index contributed by atoms with van der Waals surface area (Å²) in [6.45, 7) is 4.44. The number of nitriles is 1. The van der Waals surface area contributed by atoms with Gasteiger partial charge in [0, 0.05) is 18.8 Å². The fraction of sp³-hybridized carbons (Fsp3) is 0.714. The highest BCUT2D eigenvalue weighted by Gasteiger charge is 2.55. The smallest absolute Gasteiger partial charge is 0.403 e. The second-order valence-corrected chi connectivity index (χ2v) is 10.2. The molecule has 0 amide bonds. The Kier molecular flexibility index (Phi) is 10.4. The van der Waals surface area contributed by atoms with E-state index in [1.165, 1.54) is 6.92 Å². The minimum absolute atomic E-state index is 0.136. The normalized spacial score (nSPS) is 25.8. The van der Waals surface area contributed by atoms with Gasteiger partial charge in [-0.1, -0.05) is 26.7 Å². The summed E-state index contributed by atoms with van der Waals surface area (Å²) >= 11 is 0. The summed E-state index contributed by atoms with van der Waals surface area (Å²) in [7, 11) is -4.37. The van der Waals surface area contributed by atoms with Crippen LogP contribution in [0.3, 0.4) is 0 Å². The fourth-order valence-corrected chi connectivity index (χ4v) is 4.70. The second kappa shape index (κ2) is 12.6. The molecule has 0 aliphatic carbocycles. The number of aliphatic hydroxyl groups excluding tert-OH is 1. The van der Waals surface area contributed by atoms with Crippen molar-refractivity contribution < 1.29 is 33.4 Å². The summed E-state index contributed by atoms with van der Waals surface area (Å²) in [4.78, 5) is 47.7. The van der Waals surface area contributed by atoms with Crippen LogP contribution in [0, 0.1) is 22.7 Å². The minimum atomic E-state index is -4.37. The molecule has 1 unspecified atom stereocenters. The third-order valence-electron chi connectivity index (χ3n) is 5.81. The third kappa shape index (κ3) is 7.33. The van der Waals surface area contributed by atoms with E-state index in [4.69, 9.17) is 14.0 Å². The number of ether oxygens (including phenoxy) is 2. The molecule has 1 saturated heterocycles. The molecule has 1 aliphatic heterocycles. The topological polar surface area (TPSA) is 193 Å². The van der Waals surface area contributed by atoms with Crippen molar-refractivity contribution in [2.75, 3.05) is 19.8 Å². The molecule has 13 nitrogen and oxygen atoms in total. The monoisotopic (exact) mass is 516 g/mol. The standard InChI is InChI=1S/C21H33N4O9P/c1-4-6-14(7-5-2)18(28)32-11-9-23-35(30,31)33-12-15-17(27)21(3,13-22)19(34-15)25-10-8-16(26)24-20(25)29/h8,10,14-15,17,19,27H,4-7,9,11-12H2,1-3H3,(H2,23,30,31)(H,24,26,29)/t15-,17-,19-,21-/m1/s1. The molecule has 0 bridgehead atoms. The molecular formula is C21H33N4O9P. The highest BCUT2D eigenvalue weighted by atomic mass is 31.2. The molecule has 1 aliphatic rings. The number of nitrogens with one attached hydrogen (secondary N) is 2. The van der Waals surface area contributed by atoms with Gasteiger partial charge in [0.2, 0.25) is 0 Å². The Hall–Kier alpha value is -2.33. The van der Waals surface area contributed by atoms with E-state index < -0.39 is 49.5 Å². The van der Waals surface area contributed by atoms with E-state index in [2.05, 4.69) is 5.09 Å². The molecule has 0 spiro atoms. The van der Waals surface area contributed by atoms with Crippen LogP contribution in [-0.4, -0.2) is 57.5 Å². The van der Waals surface area contributed by atoms with Gasteiger partial charge in [-0.05, 0) is 19.8 Å². The molecule has 0 radical (unpaired) electrons. The van der Waals surface area contributed by atoms with Crippen LogP contribution in [0.1, 0.15) is 52.7 Å². The number of aromatic nitrogens is 2. The Balaban J connectivity index is 1.93. The zero-order valence-electron chi connectivity index (χ0n) is 20.0. The van der Waals surface area contributed by atoms with Crippen molar-refractivity contribution >= 4 is 13.7 Å². The van der Waals surface area contributed by atoms with Gasteiger partial charge in [-0.3, -0.25) is 23.7 Å². The van der Waals surface area contributed by atoms with Crippen molar-refractivity contribution in [1.29, 1.82) is 5.26 Å². The molecule has 0 saturated carbocycles. The Labute approximate surface area is 202 Å². The van der Waals surface area contributed by atoms with Crippen molar-refractivity contribution in [3.05, 3.63) is 33.1 Å². The molecule has 0 aromatic carbocycles. The van der Waals surface area contributed by atoms with Crippen molar-refractivity contribution in [2.45, 2.75) is 64.9 Å². The summed E-state index contributed by atoms with van der Waals surface area (Å²) in [6, 6.07) is 2.97. The van der Waals surface area contributed by atoms with E-state index in [1.807, 2.05) is 24.9 Å². The Morgan fingerprint density at radius 3 is 2.63 bits per heavy atom. The van der Waals surface area contributed by atoms with Crippen LogP contribution in [0.15, 0.2) is 21.9 Å². The largest absolute Gasteiger partial charge is 0.464 e. The molecule has 14 heteroatoms. The van der Waals surface area contributed by atoms with E-state index in [0.717, 1.165) is 29.7 Å². The van der Waals surface area contributed by atoms with Gasteiger partial charge in [-0.2, -0.15) is 5.26 Å². The first-order chi connectivity index (χ1) is 16.5. The van der Waals surface area contributed by atoms with Crippen molar-refractivity contribution in [1.82, 2.24) is 14.6 Å². The summed E-state index contributed by atoms with van der Waals surface area (Å²) in [5.41, 5.74) is -3.11. The van der Waals surface area contributed by atoms with Crippen LogP contribution in [0.4, 0.5) is 0 Å². The predicted octanol–water partition coefficient (Wildman–Crippen LogP) is 0.791. The molecule has 2 heterocycles. The zero-order valence-corrected chi connectivity index (χ0v) is 20.9. The van der Waals surface area contributed by atoms with Gasteiger partial charge < -0.3 is 19.5 Å². The lowest BCUT2D eigenvalue weighted by Crippen LogP contribution is -2.40. The maximum absolute atomic E-state index is 12.3. The number of aromatic amines is 1. The number of carbonyl (C=O) groups is 1. The van der Waals surface area contributed by atoms with E-state index in [1.54, 1.807) is 0 Å². The van der Waals surface area contributed by atoms with Crippen molar-refractivity contribution in [2.24, 2.45) is 11.3 Å². The molecule has 196 valence electrons. The Morgan fingerprint density at radius 1 is 1.40 bits per heavy atom. The quantitative estimate of drug-likeness (QED) is 0.164. The summed E-state index contributed by atoms with van der Waals surface area (Å²) in [6.07, 6.45) is 0.232. The average molecular weight is 516 g/mol. The number of rotatable bonds is 13. The lowest BCUT2D eigenvalue weighted by atomic mass is 9.84. The lowest BCUT2D eigenvalue weighted by molar-refractivity contribution is -0.148. The first-order valence-corrected chi connectivity index (χ1v) is 13.0. The molecule has 1 aromatic heterocycles. The number of esters is 1. The molecule has 1 aromatic rings. The second-order valence-electron chi connectivity index (χ2n) is 8.55. The van der Waals surface area contributed by atoms with Crippen LogP contribution < -0.4 is 16.3 Å². The first kappa shape index (κ1) is 28.9. The predicted molar refractivity (Wildman–Crippen MR) is 123 cm³/mol. The Bertz CT molecular complexity index is 1060. The van der Waals surface area contributed by atoms with Gasteiger partial charge in [-0.15, -0.1) is 0 Å². The van der Waals surface area contributed by atoms with Crippen LogP contribution in [0.25, 0.3) is 0 Å². The number of hydrogen-bond acceptors (Lipinski definition) is 9. The molecule has 5 atom stereocenters. The van der Waals surface area contributed by atoms with E-state index >= 15 is 0 Å². The SMILES string of the molecule is CCCC(CCC)C(=O)OCCNP(=O)(O)OC[C@H]1O[C@@H](n2ccc(=O)[nH]c2=O)[C@](C)(C#N)[C@@H]1O. The van der Waals surface area contributed by atoms with Gasteiger partial charge in [-0.25, -0.2) is 14.4 Å². The number of carbonyl (C=O) groups excluding carboxylic acids is 1. The zero-order chi connectivity index (χ0) is 26.2. The van der Waals surface area contributed by atoms with Crippen molar-refractivity contribution in [3.63, 3.8) is 0 Å². The number of aliphatic hydroxyl groups is 1. The average Bonchev–Trinajstić information content (AvgIpc) is 3.06. The fourth-order valence-electron chi connectivity index (χ4n) is 3.89. The molecule has 35 heavy (non-hydrogen) atoms.